The summed E-state index contributed by atoms with van der Waals surface area (Å²) >= 11 is 6.17. The van der Waals surface area contributed by atoms with Gasteiger partial charge in [-0.1, -0.05) is 11.6 Å². The second kappa shape index (κ2) is 7.08. The summed E-state index contributed by atoms with van der Waals surface area (Å²) in [5.74, 6) is -3.47. The van der Waals surface area contributed by atoms with Crippen molar-refractivity contribution in [3.63, 3.8) is 0 Å². The number of primary amides is 1. The summed E-state index contributed by atoms with van der Waals surface area (Å²) in [5.41, 5.74) is 4.93. The number of rotatable bonds is 6. The predicted molar refractivity (Wildman–Crippen MR) is 103 cm³/mol. The van der Waals surface area contributed by atoms with Crippen molar-refractivity contribution in [3.8, 4) is 0 Å². The number of anilines is 1. The van der Waals surface area contributed by atoms with Crippen molar-refractivity contribution in [2.75, 3.05) is 25.6 Å². The Morgan fingerprint density at radius 3 is 2.76 bits per heavy atom. The zero-order valence-electron chi connectivity index (χ0n) is 15.7. The first-order chi connectivity index (χ1) is 13.8. The van der Waals surface area contributed by atoms with E-state index in [9.17, 15) is 19.2 Å². The number of ether oxygens (including phenoxy) is 1. The van der Waals surface area contributed by atoms with E-state index in [-0.39, 0.29) is 31.9 Å². The van der Waals surface area contributed by atoms with Crippen LogP contribution in [0, 0.1) is 11.8 Å². The highest BCUT2D eigenvalue weighted by atomic mass is 35.5. The maximum absolute atomic E-state index is 13.3. The Hall–Kier alpha value is -2.49. The maximum Gasteiger partial charge on any atom is 0.250 e. The van der Waals surface area contributed by atoms with Gasteiger partial charge >= 0.3 is 0 Å². The van der Waals surface area contributed by atoms with E-state index >= 15 is 0 Å². The zero-order chi connectivity index (χ0) is 20.9. The van der Waals surface area contributed by atoms with Crippen LogP contribution in [-0.4, -0.2) is 54.8 Å². The molecule has 29 heavy (non-hydrogen) atoms. The molecule has 0 bridgehead atoms. The first-order valence-corrected chi connectivity index (χ1v) is 9.70. The van der Waals surface area contributed by atoms with E-state index in [4.69, 9.17) is 22.1 Å². The molecule has 1 spiro atoms. The Labute approximate surface area is 171 Å². The lowest BCUT2D eigenvalue weighted by atomic mass is 9.76. The number of benzene rings is 1. The summed E-state index contributed by atoms with van der Waals surface area (Å²) in [7, 11) is 1.48. The molecule has 154 valence electrons. The van der Waals surface area contributed by atoms with Gasteiger partial charge in [0, 0.05) is 35.8 Å². The van der Waals surface area contributed by atoms with Gasteiger partial charge in [-0.05, 0) is 24.6 Å². The van der Waals surface area contributed by atoms with Gasteiger partial charge in [0.25, 0.3) is 0 Å². The molecule has 4 amide bonds. The number of hydrogen-bond acceptors (Lipinski definition) is 6. The number of amides is 4. The average Bonchev–Trinajstić information content (AvgIpc) is 3.24. The fourth-order valence-electron chi connectivity index (χ4n) is 4.78. The molecular formula is C19H21ClN4O5. The SMILES string of the molecule is COCCN1C(=O)[C@@H]2[C@H](CCC(N)=O)N[C@@]3(C(=O)Nc4ccc(Cl)cc43)[C@@H]2C1=O. The standard InChI is InChI=1S/C19H21ClN4O5/c1-29-7-6-24-16(26)14-12(4-5-13(21)25)23-19(15(14)17(24)27)10-8-9(20)2-3-11(10)22-18(19)28/h2-3,8,12,14-15,23H,4-7H2,1H3,(H2,21,25)(H,22,28)/t12-,14+,15-,19+/m0/s1. The number of carbonyl (C=O) groups is 4. The number of hydrogen-bond donors (Lipinski definition) is 3. The van der Waals surface area contributed by atoms with Gasteiger partial charge in [0.05, 0.1) is 25.0 Å². The number of fused-ring (bicyclic) bond motifs is 4. The molecule has 0 saturated carbocycles. The third kappa shape index (κ3) is 2.84. The van der Waals surface area contributed by atoms with Gasteiger partial charge in [0.2, 0.25) is 23.6 Å². The molecule has 10 heteroatoms. The lowest BCUT2D eigenvalue weighted by molar-refractivity contribution is -0.143. The van der Waals surface area contributed by atoms with Crippen LogP contribution in [0.1, 0.15) is 18.4 Å². The Balaban J connectivity index is 1.81. The first-order valence-electron chi connectivity index (χ1n) is 9.33. The van der Waals surface area contributed by atoms with E-state index in [0.29, 0.717) is 16.3 Å². The van der Waals surface area contributed by atoms with Crippen molar-refractivity contribution < 1.29 is 23.9 Å². The van der Waals surface area contributed by atoms with Crippen LogP contribution in [0.3, 0.4) is 0 Å². The van der Waals surface area contributed by atoms with Crippen LogP contribution in [0.2, 0.25) is 5.02 Å². The topological polar surface area (TPSA) is 131 Å². The average molecular weight is 421 g/mol. The lowest BCUT2D eigenvalue weighted by Gasteiger charge is -2.29. The van der Waals surface area contributed by atoms with Gasteiger partial charge in [0.1, 0.15) is 5.54 Å². The van der Waals surface area contributed by atoms with Crippen molar-refractivity contribution in [2.45, 2.75) is 24.4 Å². The molecule has 4 N–H and O–H groups in total. The number of nitrogens with two attached hydrogens (primary N) is 1. The molecule has 0 radical (unpaired) electrons. The third-order valence-electron chi connectivity index (χ3n) is 5.99. The summed E-state index contributed by atoms with van der Waals surface area (Å²) in [4.78, 5) is 52.0. The Morgan fingerprint density at radius 1 is 1.31 bits per heavy atom. The fraction of sp³-hybridized carbons (Fsp3) is 0.474. The van der Waals surface area contributed by atoms with Crippen LogP contribution in [0.25, 0.3) is 0 Å². The van der Waals surface area contributed by atoms with Crippen LogP contribution < -0.4 is 16.4 Å². The minimum atomic E-state index is -1.43. The molecule has 0 unspecified atom stereocenters. The minimum Gasteiger partial charge on any atom is -0.383 e. The molecule has 0 aliphatic carbocycles. The molecule has 4 rings (SSSR count). The summed E-state index contributed by atoms with van der Waals surface area (Å²) in [6.07, 6.45) is 0.263. The van der Waals surface area contributed by atoms with E-state index in [1.807, 2.05) is 0 Å². The molecular weight excluding hydrogens is 400 g/mol. The number of methoxy groups -OCH3 is 1. The molecule has 2 fully saturated rings. The summed E-state index contributed by atoms with van der Waals surface area (Å²) in [6, 6.07) is 4.38. The molecule has 0 aromatic heterocycles. The molecule has 3 aliphatic rings. The van der Waals surface area contributed by atoms with Crippen molar-refractivity contribution in [1.82, 2.24) is 10.2 Å². The molecule has 4 atom stereocenters. The van der Waals surface area contributed by atoms with Crippen molar-refractivity contribution in [3.05, 3.63) is 28.8 Å². The normalized spacial score (nSPS) is 30.1. The van der Waals surface area contributed by atoms with Crippen LogP contribution in [-0.2, 0) is 29.5 Å². The van der Waals surface area contributed by atoms with Gasteiger partial charge in [-0.15, -0.1) is 0 Å². The lowest BCUT2D eigenvalue weighted by Crippen LogP contribution is -2.53. The zero-order valence-corrected chi connectivity index (χ0v) is 16.5. The number of likely N-dealkylation sites (tertiary alicyclic amines) is 1. The van der Waals surface area contributed by atoms with Gasteiger partial charge in [-0.2, -0.15) is 0 Å². The molecule has 1 aromatic carbocycles. The molecule has 3 heterocycles. The number of halogens is 1. The van der Waals surface area contributed by atoms with Gasteiger partial charge in [-0.25, -0.2) is 0 Å². The highest BCUT2D eigenvalue weighted by molar-refractivity contribution is 6.31. The van der Waals surface area contributed by atoms with Crippen LogP contribution in [0.5, 0.6) is 0 Å². The highest BCUT2D eigenvalue weighted by Gasteiger charge is 2.70. The molecule has 9 nitrogen and oxygen atoms in total. The van der Waals surface area contributed by atoms with E-state index in [2.05, 4.69) is 10.6 Å². The number of carbonyl (C=O) groups excluding carboxylic acids is 4. The largest absolute Gasteiger partial charge is 0.383 e. The van der Waals surface area contributed by atoms with E-state index in [0.717, 1.165) is 4.90 Å². The van der Waals surface area contributed by atoms with Gasteiger partial charge in [0.15, 0.2) is 0 Å². The van der Waals surface area contributed by atoms with Crippen molar-refractivity contribution in [2.24, 2.45) is 17.6 Å². The quantitative estimate of drug-likeness (QED) is 0.554. The van der Waals surface area contributed by atoms with Gasteiger partial charge in [-0.3, -0.25) is 29.4 Å². The molecule has 2 saturated heterocycles. The first kappa shape index (κ1) is 19.8. The Kier molecular flexibility index (Phi) is 4.84. The van der Waals surface area contributed by atoms with E-state index < -0.39 is 41.1 Å². The van der Waals surface area contributed by atoms with Crippen molar-refractivity contribution in [1.29, 1.82) is 0 Å². The molecule has 3 aliphatic heterocycles. The van der Waals surface area contributed by atoms with Gasteiger partial charge < -0.3 is 15.8 Å². The monoisotopic (exact) mass is 420 g/mol. The van der Waals surface area contributed by atoms with Crippen LogP contribution in [0.4, 0.5) is 5.69 Å². The number of imide groups is 1. The second-order valence-corrected chi connectivity index (χ2v) is 7.97. The Morgan fingerprint density at radius 2 is 2.07 bits per heavy atom. The van der Waals surface area contributed by atoms with E-state index in [1.54, 1.807) is 18.2 Å². The number of nitrogens with one attached hydrogen (secondary N) is 2. The Bertz CT molecular complexity index is 922. The maximum atomic E-state index is 13.3. The smallest absolute Gasteiger partial charge is 0.250 e. The molecule has 1 aromatic rings. The summed E-state index contributed by atoms with van der Waals surface area (Å²) in [5, 5.41) is 6.42. The number of nitrogens with zero attached hydrogens (tertiary/aromatic N) is 1. The second-order valence-electron chi connectivity index (χ2n) is 7.53. The van der Waals surface area contributed by atoms with Crippen LogP contribution >= 0.6 is 11.6 Å². The highest BCUT2D eigenvalue weighted by Crippen LogP contribution is 2.53. The fourth-order valence-corrected chi connectivity index (χ4v) is 4.96. The third-order valence-corrected chi connectivity index (χ3v) is 6.22. The van der Waals surface area contributed by atoms with E-state index in [1.165, 1.54) is 7.11 Å². The van der Waals surface area contributed by atoms with Crippen LogP contribution in [0.15, 0.2) is 18.2 Å². The predicted octanol–water partition coefficient (Wildman–Crippen LogP) is -0.0277. The minimum absolute atomic E-state index is 0.0283. The summed E-state index contributed by atoms with van der Waals surface area (Å²) < 4.78 is 5.02. The summed E-state index contributed by atoms with van der Waals surface area (Å²) in [6.45, 7) is 0.293. The van der Waals surface area contributed by atoms with Crippen molar-refractivity contribution >= 4 is 40.9 Å².